The number of aliphatic imine (C=N–C) groups is 1. The van der Waals surface area contributed by atoms with E-state index in [1.54, 1.807) is 12.3 Å². The van der Waals surface area contributed by atoms with Crippen molar-refractivity contribution in [2.24, 2.45) is 10.4 Å². The third kappa shape index (κ3) is 3.37. The van der Waals surface area contributed by atoms with E-state index in [-0.39, 0.29) is 11.9 Å². The van der Waals surface area contributed by atoms with Gasteiger partial charge in [-0.05, 0) is 44.7 Å². The minimum Gasteiger partial charge on any atom is -0.378 e. The molecule has 2 heterocycles. The molecule has 0 aromatic carbocycles. The predicted octanol–water partition coefficient (Wildman–Crippen LogP) is 2.31. The van der Waals surface area contributed by atoms with Crippen LogP contribution in [0.25, 0.3) is 0 Å². The lowest BCUT2D eigenvalue weighted by Gasteiger charge is -2.61. The van der Waals surface area contributed by atoms with E-state index in [1.165, 1.54) is 25.3 Å². The molecule has 0 amide bonds. The topological polar surface area (TPSA) is 61.8 Å². The first-order chi connectivity index (χ1) is 13.2. The van der Waals surface area contributed by atoms with Crippen molar-refractivity contribution in [1.82, 2.24) is 15.6 Å². The maximum absolute atomic E-state index is 14.0. The number of nitrogens with zero attached hydrogens (tertiary/aromatic N) is 3. The second-order valence-corrected chi connectivity index (χ2v) is 7.92. The van der Waals surface area contributed by atoms with Gasteiger partial charge in [-0.3, -0.25) is 4.99 Å². The van der Waals surface area contributed by atoms with Crippen molar-refractivity contribution in [3.8, 4) is 0 Å². The number of ether oxygens (including phenoxy) is 1. The van der Waals surface area contributed by atoms with Gasteiger partial charge in [-0.15, -0.1) is 0 Å². The molecule has 148 valence electrons. The van der Waals surface area contributed by atoms with Gasteiger partial charge in [-0.25, -0.2) is 9.37 Å². The molecule has 2 saturated carbocycles. The van der Waals surface area contributed by atoms with E-state index in [4.69, 9.17) is 4.74 Å². The number of pyridine rings is 1. The van der Waals surface area contributed by atoms with Gasteiger partial charge < -0.3 is 20.3 Å². The minimum absolute atomic E-state index is 0.234. The van der Waals surface area contributed by atoms with Gasteiger partial charge in [0, 0.05) is 50.4 Å². The van der Waals surface area contributed by atoms with Crippen LogP contribution in [0.5, 0.6) is 0 Å². The number of hydrogen-bond donors (Lipinski definition) is 2. The van der Waals surface area contributed by atoms with E-state index >= 15 is 0 Å². The standard InChI is InChI=1S/C20H30FN5O/c1-3-27-17-12-16(20(17)8-5-9-20)25-19(22-2)24-14-7-11-26(13-14)18-15(21)6-4-10-23-18/h4,6,10,14,16-17H,3,5,7-9,11-13H2,1-2H3,(H2,22,24,25). The van der Waals surface area contributed by atoms with Crippen LogP contribution >= 0.6 is 0 Å². The molecule has 1 saturated heterocycles. The van der Waals surface area contributed by atoms with Crippen molar-refractivity contribution in [3.05, 3.63) is 24.1 Å². The molecule has 1 spiro atoms. The van der Waals surface area contributed by atoms with Crippen LogP contribution in [-0.2, 0) is 4.74 Å². The third-order valence-corrected chi connectivity index (χ3v) is 6.54. The van der Waals surface area contributed by atoms with Gasteiger partial charge in [0.2, 0.25) is 0 Å². The molecule has 6 nitrogen and oxygen atoms in total. The van der Waals surface area contributed by atoms with Crippen LogP contribution < -0.4 is 15.5 Å². The Balaban J connectivity index is 1.32. The smallest absolute Gasteiger partial charge is 0.191 e. The quantitative estimate of drug-likeness (QED) is 0.611. The maximum atomic E-state index is 14.0. The lowest BCUT2D eigenvalue weighted by atomic mass is 9.51. The second kappa shape index (κ2) is 7.62. The number of rotatable bonds is 5. The van der Waals surface area contributed by atoms with Crippen LogP contribution in [0.15, 0.2) is 23.3 Å². The van der Waals surface area contributed by atoms with Crippen LogP contribution in [-0.4, -0.2) is 55.9 Å². The van der Waals surface area contributed by atoms with Crippen molar-refractivity contribution in [1.29, 1.82) is 0 Å². The number of anilines is 1. The summed E-state index contributed by atoms with van der Waals surface area (Å²) in [5.41, 5.74) is 0.298. The molecular formula is C20H30FN5O. The summed E-state index contributed by atoms with van der Waals surface area (Å²) >= 11 is 0. The first-order valence-corrected chi connectivity index (χ1v) is 10.1. The Morgan fingerprint density at radius 3 is 2.96 bits per heavy atom. The van der Waals surface area contributed by atoms with Crippen molar-refractivity contribution < 1.29 is 9.13 Å². The van der Waals surface area contributed by atoms with E-state index in [0.29, 0.717) is 23.4 Å². The zero-order valence-corrected chi connectivity index (χ0v) is 16.2. The van der Waals surface area contributed by atoms with Crippen molar-refractivity contribution in [2.45, 2.75) is 57.2 Å². The maximum Gasteiger partial charge on any atom is 0.191 e. The Morgan fingerprint density at radius 1 is 1.44 bits per heavy atom. The first-order valence-electron chi connectivity index (χ1n) is 10.1. The zero-order chi connectivity index (χ0) is 18.9. The molecule has 1 aliphatic heterocycles. The van der Waals surface area contributed by atoms with E-state index in [9.17, 15) is 4.39 Å². The minimum atomic E-state index is -0.260. The highest BCUT2D eigenvalue weighted by Gasteiger charge is 2.59. The molecule has 3 unspecified atom stereocenters. The molecule has 3 fully saturated rings. The molecule has 2 aliphatic carbocycles. The Bertz CT molecular complexity index is 693. The Hall–Kier alpha value is -1.89. The molecule has 0 bridgehead atoms. The van der Waals surface area contributed by atoms with Gasteiger partial charge in [-0.2, -0.15) is 0 Å². The molecule has 2 N–H and O–H groups in total. The van der Waals surface area contributed by atoms with Gasteiger partial charge in [0.05, 0.1) is 6.10 Å². The molecular weight excluding hydrogens is 345 g/mol. The number of guanidine groups is 1. The van der Waals surface area contributed by atoms with Crippen LogP contribution in [0, 0.1) is 11.2 Å². The van der Waals surface area contributed by atoms with Crippen molar-refractivity contribution in [3.63, 3.8) is 0 Å². The van der Waals surface area contributed by atoms with E-state index in [2.05, 4.69) is 27.5 Å². The molecule has 4 rings (SSSR count). The number of aromatic nitrogens is 1. The largest absolute Gasteiger partial charge is 0.378 e. The van der Waals surface area contributed by atoms with E-state index in [0.717, 1.165) is 38.5 Å². The highest BCUT2D eigenvalue weighted by atomic mass is 19.1. The van der Waals surface area contributed by atoms with Gasteiger partial charge in [0.25, 0.3) is 0 Å². The van der Waals surface area contributed by atoms with Gasteiger partial charge in [-0.1, -0.05) is 6.42 Å². The molecule has 0 radical (unpaired) electrons. The monoisotopic (exact) mass is 375 g/mol. The molecule has 1 aromatic heterocycles. The summed E-state index contributed by atoms with van der Waals surface area (Å²) in [6.07, 6.45) is 7.79. The fourth-order valence-corrected chi connectivity index (χ4v) is 4.85. The second-order valence-electron chi connectivity index (χ2n) is 7.92. The normalized spacial score (nSPS) is 29.4. The summed E-state index contributed by atoms with van der Waals surface area (Å²) in [6.45, 7) is 4.38. The molecule has 7 heteroatoms. The predicted molar refractivity (Wildman–Crippen MR) is 105 cm³/mol. The number of hydrogen-bond acceptors (Lipinski definition) is 4. The van der Waals surface area contributed by atoms with E-state index < -0.39 is 0 Å². The third-order valence-electron chi connectivity index (χ3n) is 6.54. The SMILES string of the molecule is CCOC1CC(NC(=NC)NC2CCN(c3ncccc3F)C2)C12CCC2. The van der Waals surface area contributed by atoms with Gasteiger partial charge in [0.1, 0.15) is 0 Å². The summed E-state index contributed by atoms with van der Waals surface area (Å²) in [6, 6.07) is 3.76. The Morgan fingerprint density at radius 2 is 2.30 bits per heavy atom. The van der Waals surface area contributed by atoms with Crippen LogP contribution in [0.3, 0.4) is 0 Å². The molecule has 3 aliphatic rings. The summed E-state index contributed by atoms with van der Waals surface area (Å²) in [5.74, 6) is 1.02. The Kier molecular flexibility index (Phi) is 5.21. The summed E-state index contributed by atoms with van der Waals surface area (Å²) in [4.78, 5) is 10.6. The first kappa shape index (κ1) is 18.5. The highest BCUT2D eigenvalue weighted by Crippen LogP contribution is 2.57. The van der Waals surface area contributed by atoms with Crippen molar-refractivity contribution >= 4 is 11.8 Å². The summed E-state index contributed by atoms with van der Waals surface area (Å²) in [5, 5.41) is 7.15. The lowest BCUT2D eigenvalue weighted by molar-refractivity contribution is -0.168. The summed E-state index contributed by atoms with van der Waals surface area (Å²) in [7, 11) is 1.81. The van der Waals surface area contributed by atoms with Gasteiger partial charge >= 0.3 is 0 Å². The average Bonchev–Trinajstić information content (AvgIpc) is 3.07. The molecule has 1 aromatic rings. The van der Waals surface area contributed by atoms with Crippen LogP contribution in [0.1, 0.15) is 39.0 Å². The molecule has 3 atom stereocenters. The molecule has 27 heavy (non-hydrogen) atoms. The average molecular weight is 375 g/mol. The van der Waals surface area contributed by atoms with Crippen LogP contribution in [0.2, 0.25) is 0 Å². The van der Waals surface area contributed by atoms with Crippen LogP contribution in [0.4, 0.5) is 10.2 Å². The highest BCUT2D eigenvalue weighted by molar-refractivity contribution is 5.80. The van der Waals surface area contributed by atoms with Crippen molar-refractivity contribution in [2.75, 3.05) is 31.6 Å². The Labute approximate surface area is 160 Å². The lowest BCUT2D eigenvalue weighted by Crippen LogP contribution is -2.69. The fourth-order valence-electron chi connectivity index (χ4n) is 4.85. The fraction of sp³-hybridized carbons (Fsp3) is 0.700. The number of nitrogens with one attached hydrogen (secondary N) is 2. The van der Waals surface area contributed by atoms with E-state index in [1.807, 2.05) is 11.9 Å². The summed E-state index contributed by atoms with van der Waals surface area (Å²) < 4.78 is 19.9. The van der Waals surface area contributed by atoms with Gasteiger partial charge in [0.15, 0.2) is 17.6 Å². The zero-order valence-electron chi connectivity index (χ0n) is 16.2. The number of halogens is 1.